The molecule has 0 bridgehead atoms. The molecule has 2 aromatic rings. The number of benzene rings is 1. The first-order valence-electron chi connectivity index (χ1n) is 4.34. The topological polar surface area (TPSA) is 69.1 Å². The van der Waals surface area contributed by atoms with Crippen molar-refractivity contribution in [1.82, 2.24) is 10.2 Å². The summed E-state index contributed by atoms with van der Waals surface area (Å²) in [6.07, 6.45) is 1.45. The minimum Gasteiger partial charge on any atom is -0.423 e. The molecule has 0 saturated carbocycles. The molecule has 0 spiro atoms. The monoisotopic (exact) mass is 222 g/mol. The molecule has 0 aliphatic carbocycles. The summed E-state index contributed by atoms with van der Waals surface area (Å²) in [7, 11) is -1.54. The quantitative estimate of drug-likeness (QED) is 0.645. The van der Waals surface area contributed by atoms with Crippen LogP contribution in [0, 0.1) is 0 Å². The van der Waals surface area contributed by atoms with Gasteiger partial charge in [-0.05, 0) is 12.1 Å². The number of nitrogens with zero attached hydrogens (tertiary/aromatic N) is 1. The molecule has 0 atom stereocenters. The first kappa shape index (κ1) is 10.2. The Bertz CT molecular complexity index is 473. The molecule has 0 amide bonds. The van der Waals surface area contributed by atoms with E-state index in [4.69, 9.17) is 21.6 Å². The molecule has 15 heavy (non-hydrogen) atoms. The van der Waals surface area contributed by atoms with Crippen LogP contribution in [-0.4, -0.2) is 27.4 Å². The molecule has 1 aromatic carbocycles. The van der Waals surface area contributed by atoms with Crippen LogP contribution in [0.15, 0.2) is 30.5 Å². The molecule has 3 N–H and O–H groups in total. The van der Waals surface area contributed by atoms with Gasteiger partial charge in [-0.2, -0.15) is 5.10 Å². The molecule has 0 unspecified atom stereocenters. The van der Waals surface area contributed by atoms with Crippen molar-refractivity contribution in [2.75, 3.05) is 0 Å². The molecule has 76 valence electrons. The van der Waals surface area contributed by atoms with E-state index >= 15 is 0 Å². The molecule has 0 saturated heterocycles. The van der Waals surface area contributed by atoms with Gasteiger partial charge in [0.15, 0.2) is 0 Å². The van der Waals surface area contributed by atoms with Gasteiger partial charge in [0.05, 0.1) is 5.69 Å². The lowest BCUT2D eigenvalue weighted by Gasteiger charge is -2.01. The molecule has 4 nitrogen and oxygen atoms in total. The Labute approximate surface area is 91.7 Å². The Kier molecular flexibility index (Phi) is 2.77. The van der Waals surface area contributed by atoms with Crippen LogP contribution < -0.4 is 5.46 Å². The number of H-pyrrole nitrogens is 1. The van der Waals surface area contributed by atoms with E-state index in [1.54, 1.807) is 24.3 Å². The highest BCUT2D eigenvalue weighted by Crippen LogP contribution is 2.19. The summed E-state index contributed by atoms with van der Waals surface area (Å²) in [5.74, 6) is 0. The van der Waals surface area contributed by atoms with Gasteiger partial charge in [-0.25, -0.2) is 0 Å². The van der Waals surface area contributed by atoms with Crippen molar-refractivity contribution in [2.24, 2.45) is 0 Å². The third-order valence-electron chi connectivity index (χ3n) is 2.05. The van der Waals surface area contributed by atoms with Crippen LogP contribution in [0.5, 0.6) is 0 Å². The summed E-state index contributed by atoms with van der Waals surface area (Å²) in [5, 5.41) is 25.3. The van der Waals surface area contributed by atoms with Crippen molar-refractivity contribution >= 4 is 24.2 Å². The summed E-state index contributed by atoms with van der Waals surface area (Å²) < 4.78 is 0. The molecule has 0 aliphatic rings. The van der Waals surface area contributed by atoms with Gasteiger partial charge in [0.1, 0.15) is 0 Å². The maximum Gasteiger partial charge on any atom is 0.492 e. The minimum absolute atomic E-state index is 0.331. The second-order valence-corrected chi connectivity index (χ2v) is 3.51. The first-order chi connectivity index (χ1) is 7.18. The molecular weight excluding hydrogens is 214 g/mol. The number of halogens is 1. The fourth-order valence-electron chi connectivity index (χ4n) is 1.36. The van der Waals surface area contributed by atoms with Gasteiger partial charge >= 0.3 is 7.12 Å². The van der Waals surface area contributed by atoms with E-state index in [9.17, 15) is 0 Å². The Morgan fingerprint density at radius 3 is 2.80 bits per heavy atom. The largest absolute Gasteiger partial charge is 0.492 e. The van der Waals surface area contributed by atoms with Gasteiger partial charge < -0.3 is 10.0 Å². The number of hydrogen-bond donors (Lipinski definition) is 3. The zero-order valence-corrected chi connectivity index (χ0v) is 8.44. The normalized spacial score (nSPS) is 10.3. The number of hydrogen-bond acceptors (Lipinski definition) is 3. The van der Waals surface area contributed by atoms with Crippen LogP contribution in [0.4, 0.5) is 0 Å². The SMILES string of the molecule is OB(O)c1c[nH]nc1-c1cccc(Cl)c1. The van der Waals surface area contributed by atoms with Crippen molar-refractivity contribution < 1.29 is 10.0 Å². The summed E-state index contributed by atoms with van der Waals surface area (Å²) in [5.41, 5.74) is 1.57. The van der Waals surface area contributed by atoms with Crippen molar-refractivity contribution in [3.05, 3.63) is 35.5 Å². The van der Waals surface area contributed by atoms with Crippen LogP contribution in [0.2, 0.25) is 5.02 Å². The average molecular weight is 222 g/mol. The smallest absolute Gasteiger partial charge is 0.423 e. The molecule has 2 rings (SSSR count). The zero-order valence-electron chi connectivity index (χ0n) is 7.68. The van der Waals surface area contributed by atoms with Gasteiger partial charge in [-0.3, -0.25) is 5.10 Å². The highest BCUT2D eigenvalue weighted by Gasteiger charge is 2.19. The van der Waals surface area contributed by atoms with Crippen LogP contribution in [0.1, 0.15) is 0 Å². The third kappa shape index (κ3) is 2.04. The van der Waals surface area contributed by atoms with E-state index in [0.29, 0.717) is 16.2 Å². The van der Waals surface area contributed by atoms with Gasteiger partial charge in [-0.1, -0.05) is 23.7 Å². The maximum absolute atomic E-state index is 9.09. The van der Waals surface area contributed by atoms with Crippen LogP contribution in [0.3, 0.4) is 0 Å². The van der Waals surface area contributed by atoms with Crippen LogP contribution in [0.25, 0.3) is 11.3 Å². The molecule has 1 aromatic heterocycles. The zero-order chi connectivity index (χ0) is 10.8. The van der Waals surface area contributed by atoms with Crippen LogP contribution in [-0.2, 0) is 0 Å². The first-order valence-corrected chi connectivity index (χ1v) is 4.72. The van der Waals surface area contributed by atoms with E-state index in [1.165, 1.54) is 6.20 Å². The number of nitrogens with one attached hydrogen (secondary N) is 1. The molecule has 6 heteroatoms. The van der Waals surface area contributed by atoms with Gasteiger partial charge in [0.25, 0.3) is 0 Å². The highest BCUT2D eigenvalue weighted by atomic mass is 35.5. The van der Waals surface area contributed by atoms with E-state index in [-0.39, 0.29) is 0 Å². The fourth-order valence-corrected chi connectivity index (χ4v) is 1.55. The second-order valence-electron chi connectivity index (χ2n) is 3.07. The Balaban J connectivity index is 2.49. The van der Waals surface area contributed by atoms with E-state index in [0.717, 1.165) is 5.56 Å². The Morgan fingerprint density at radius 1 is 1.33 bits per heavy atom. The van der Waals surface area contributed by atoms with Crippen LogP contribution >= 0.6 is 11.6 Å². The summed E-state index contributed by atoms with van der Waals surface area (Å²) >= 11 is 5.83. The molecular formula is C9H8BClN2O2. The van der Waals surface area contributed by atoms with Gasteiger partial charge in [0.2, 0.25) is 0 Å². The molecule has 0 aliphatic heterocycles. The highest BCUT2D eigenvalue weighted by molar-refractivity contribution is 6.60. The third-order valence-corrected chi connectivity index (χ3v) is 2.28. The number of aromatic nitrogens is 2. The number of aromatic amines is 1. The molecule has 1 heterocycles. The average Bonchev–Trinajstić information content (AvgIpc) is 2.65. The predicted octanol–water partition coefficient (Wildman–Crippen LogP) is 0.410. The van der Waals surface area contributed by atoms with Crippen molar-refractivity contribution in [3.63, 3.8) is 0 Å². The Morgan fingerprint density at radius 2 is 2.13 bits per heavy atom. The van der Waals surface area contributed by atoms with E-state index < -0.39 is 7.12 Å². The minimum atomic E-state index is -1.54. The van der Waals surface area contributed by atoms with Crippen molar-refractivity contribution in [2.45, 2.75) is 0 Å². The van der Waals surface area contributed by atoms with Gasteiger partial charge in [0, 0.05) is 22.2 Å². The lowest BCUT2D eigenvalue weighted by atomic mass is 9.79. The lowest BCUT2D eigenvalue weighted by Crippen LogP contribution is -2.30. The summed E-state index contributed by atoms with van der Waals surface area (Å²) in [6, 6.07) is 7.03. The number of rotatable bonds is 2. The molecule has 0 radical (unpaired) electrons. The molecule has 0 fully saturated rings. The summed E-state index contributed by atoms with van der Waals surface area (Å²) in [4.78, 5) is 0. The predicted molar refractivity (Wildman–Crippen MR) is 58.9 cm³/mol. The maximum atomic E-state index is 9.09. The van der Waals surface area contributed by atoms with Crippen molar-refractivity contribution in [1.29, 1.82) is 0 Å². The van der Waals surface area contributed by atoms with E-state index in [2.05, 4.69) is 10.2 Å². The second kappa shape index (κ2) is 4.06. The fraction of sp³-hybridized carbons (Fsp3) is 0. The van der Waals surface area contributed by atoms with Crippen molar-refractivity contribution in [3.8, 4) is 11.3 Å². The lowest BCUT2D eigenvalue weighted by molar-refractivity contribution is 0.426. The summed E-state index contributed by atoms with van der Waals surface area (Å²) in [6.45, 7) is 0. The Hall–Kier alpha value is -1.30. The van der Waals surface area contributed by atoms with E-state index in [1.807, 2.05) is 0 Å². The van der Waals surface area contributed by atoms with Gasteiger partial charge in [-0.15, -0.1) is 0 Å². The standard InChI is InChI=1S/C9H8BClN2O2/c11-7-3-1-2-6(4-7)9-8(10(14)15)5-12-13-9/h1-5,14-15H,(H,12,13).